The predicted molar refractivity (Wildman–Crippen MR) is 56.7 cm³/mol. The summed E-state index contributed by atoms with van der Waals surface area (Å²) in [7, 11) is 0. The molecule has 0 saturated heterocycles. The molecule has 0 spiro atoms. The molecule has 0 aliphatic heterocycles. The molecule has 0 N–H and O–H groups in total. The molecule has 0 radical (unpaired) electrons. The van der Waals surface area contributed by atoms with Crippen molar-refractivity contribution in [3.05, 3.63) is 0 Å². The molecule has 92 valence electrons. The van der Waals surface area contributed by atoms with Crippen LogP contribution in [0.4, 0.5) is 0 Å². The SMILES string of the molecule is CCC[C@@H](C(=O)OCC)C(=O)C(=O)OCC. The Labute approximate surface area is 95.1 Å². The molecule has 0 unspecified atom stereocenters. The van der Waals surface area contributed by atoms with E-state index in [1.165, 1.54) is 0 Å². The molecule has 1 atom stereocenters. The van der Waals surface area contributed by atoms with Gasteiger partial charge in [0.15, 0.2) is 0 Å². The second kappa shape index (κ2) is 7.84. The number of carbonyl (C=O) groups is 3. The Balaban J connectivity index is 4.57. The highest BCUT2D eigenvalue weighted by Crippen LogP contribution is 2.11. The quantitative estimate of drug-likeness (QED) is 0.372. The van der Waals surface area contributed by atoms with Crippen LogP contribution < -0.4 is 0 Å². The van der Waals surface area contributed by atoms with E-state index in [2.05, 4.69) is 4.74 Å². The number of hydrogen-bond donors (Lipinski definition) is 0. The molecule has 0 bridgehead atoms. The van der Waals surface area contributed by atoms with E-state index in [1.54, 1.807) is 13.8 Å². The summed E-state index contributed by atoms with van der Waals surface area (Å²) in [6.07, 6.45) is 0.922. The predicted octanol–water partition coefficient (Wildman–Crippen LogP) is 1.10. The van der Waals surface area contributed by atoms with Crippen LogP contribution in [0.3, 0.4) is 0 Å². The van der Waals surface area contributed by atoms with Crippen LogP contribution in [0.15, 0.2) is 0 Å². The van der Waals surface area contributed by atoms with Crippen molar-refractivity contribution < 1.29 is 23.9 Å². The van der Waals surface area contributed by atoms with Crippen molar-refractivity contribution in [2.45, 2.75) is 33.6 Å². The summed E-state index contributed by atoms with van der Waals surface area (Å²) < 4.78 is 9.30. The maximum absolute atomic E-state index is 11.6. The molecular formula is C11H18O5. The Hall–Kier alpha value is -1.39. The van der Waals surface area contributed by atoms with Gasteiger partial charge in [0, 0.05) is 0 Å². The van der Waals surface area contributed by atoms with Crippen molar-refractivity contribution in [1.29, 1.82) is 0 Å². The standard InChI is InChI=1S/C11H18O5/c1-4-7-8(10(13)15-5-2)9(12)11(14)16-6-3/h8H,4-7H2,1-3H3/t8-/m1/s1. The highest BCUT2D eigenvalue weighted by Gasteiger charge is 2.32. The van der Waals surface area contributed by atoms with E-state index in [1.807, 2.05) is 6.92 Å². The number of hydrogen-bond acceptors (Lipinski definition) is 5. The number of esters is 2. The molecule has 0 fully saturated rings. The molecule has 16 heavy (non-hydrogen) atoms. The number of ketones is 1. The van der Waals surface area contributed by atoms with E-state index in [9.17, 15) is 14.4 Å². The fourth-order valence-corrected chi connectivity index (χ4v) is 1.23. The molecule has 0 aliphatic carbocycles. The normalized spacial score (nSPS) is 11.7. The van der Waals surface area contributed by atoms with Gasteiger partial charge in [-0.25, -0.2) is 4.79 Å². The van der Waals surface area contributed by atoms with Crippen LogP contribution in [0.2, 0.25) is 0 Å². The number of carbonyl (C=O) groups excluding carboxylic acids is 3. The van der Waals surface area contributed by atoms with Gasteiger partial charge in [-0.2, -0.15) is 0 Å². The maximum Gasteiger partial charge on any atom is 0.375 e. The van der Waals surface area contributed by atoms with Crippen molar-refractivity contribution >= 4 is 17.7 Å². The van der Waals surface area contributed by atoms with E-state index in [-0.39, 0.29) is 13.2 Å². The first kappa shape index (κ1) is 14.6. The van der Waals surface area contributed by atoms with Gasteiger partial charge in [0.1, 0.15) is 5.92 Å². The molecule has 0 amide bonds. The van der Waals surface area contributed by atoms with Crippen LogP contribution in [0, 0.1) is 5.92 Å². The first-order valence-corrected chi connectivity index (χ1v) is 5.45. The summed E-state index contributed by atoms with van der Waals surface area (Å²) in [5, 5.41) is 0. The smallest absolute Gasteiger partial charge is 0.375 e. The Morgan fingerprint density at radius 1 is 1.00 bits per heavy atom. The molecule has 0 aromatic heterocycles. The molecule has 0 aliphatic rings. The molecule has 0 heterocycles. The van der Waals surface area contributed by atoms with Gasteiger partial charge in [-0.15, -0.1) is 0 Å². The van der Waals surface area contributed by atoms with Crippen molar-refractivity contribution in [3.8, 4) is 0 Å². The van der Waals surface area contributed by atoms with Crippen LogP contribution in [0.5, 0.6) is 0 Å². The highest BCUT2D eigenvalue weighted by molar-refractivity contribution is 6.37. The van der Waals surface area contributed by atoms with E-state index in [0.29, 0.717) is 12.8 Å². The third kappa shape index (κ3) is 4.42. The van der Waals surface area contributed by atoms with Gasteiger partial charge in [-0.05, 0) is 20.3 Å². The van der Waals surface area contributed by atoms with Gasteiger partial charge in [0.25, 0.3) is 5.78 Å². The maximum atomic E-state index is 11.6. The Morgan fingerprint density at radius 3 is 2.00 bits per heavy atom. The summed E-state index contributed by atoms with van der Waals surface area (Å²) in [4.78, 5) is 34.2. The largest absolute Gasteiger partial charge is 0.465 e. The zero-order valence-electron chi connectivity index (χ0n) is 9.95. The van der Waals surface area contributed by atoms with E-state index < -0.39 is 23.6 Å². The molecule has 0 aromatic rings. The fraction of sp³-hybridized carbons (Fsp3) is 0.727. The van der Waals surface area contributed by atoms with Gasteiger partial charge >= 0.3 is 11.9 Å². The third-order valence-electron chi connectivity index (χ3n) is 1.94. The molecule has 5 nitrogen and oxygen atoms in total. The number of rotatable bonds is 7. The monoisotopic (exact) mass is 230 g/mol. The minimum absolute atomic E-state index is 0.117. The fourth-order valence-electron chi connectivity index (χ4n) is 1.23. The van der Waals surface area contributed by atoms with Crippen LogP contribution in [0.1, 0.15) is 33.6 Å². The summed E-state index contributed by atoms with van der Waals surface area (Å²) in [5.41, 5.74) is 0. The summed E-state index contributed by atoms with van der Waals surface area (Å²) in [6, 6.07) is 0. The van der Waals surface area contributed by atoms with Crippen molar-refractivity contribution in [2.75, 3.05) is 13.2 Å². The van der Waals surface area contributed by atoms with Crippen LogP contribution in [-0.2, 0) is 23.9 Å². The van der Waals surface area contributed by atoms with E-state index in [4.69, 9.17) is 4.74 Å². The summed E-state index contributed by atoms with van der Waals surface area (Å²) >= 11 is 0. The first-order chi connectivity index (χ1) is 7.58. The van der Waals surface area contributed by atoms with E-state index in [0.717, 1.165) is 0 Å². The average molecular weight is 230 g/mol. The van der Waals surface area contributed by atoms with E-state index >= 15 is 0 Å². The molecule has 0 saturated carbocycles. The van der Waals surface area contributed by atoms with Gasteiger partial charge in [-0.3, -0.25) is 9.59 Å². The minimum Gasteiger partial charge on any atom is -0.465 e. The topological polar surface area (TPSA) is 69.7 Å². The average Bonchev–Trinajstić information content (AvgIpc) is 2.25. The molecule has 0 aromatic carbocycles. The van der Waals surface area contributed by atoms with Gasteiger partial charge in [0.2, 0.25) is 0 Å². The lowest BCUT2D eigenvalue weighted by Gasteiger charge is -2.12. The molecular weight excluding hydrogens is 212 g/mol. The molecule has 0 rings (SSSR count). The third-order valence-corrected chi connectivity index (χ3v) is 1.94. The Bertz CT molecular complexity index is 259. The second-order valence-electron chi connectivity index (χ2n) is 3.18. The van der Waals surface area contributed by atoms with Crippen LogP contribution in [-0.4, -0.2) is 30.9 Å². The van der Waals surface area contributed by atoms with Crippen LogP contribution in [0.25, 0.3) is 0 Å². The lowest BCUT2D eigenvalue weighted by molar-refractivity contribution is -0.162. The first-order valence-electron chi connectivity index (χ1n) is 5.45. The van der Waals surface area contributed by atoms with Gasteiger partial charge in [-0.1, -0.05) is 13.3 Å². The van der Waals surface area contributed by atoms with Crippen molar-refractivity contribution in [2.24, 2.45) is 5.92 Å². The van der Waals surface area contributed by atoms with Crippen molar-refractivity contribution in [1.82, 2.24) is 0 Å². The summed E-state index contributed by atoms with van der Waals surface area (Å²) in [5.74, 6) is -3.46. The zero-order valence-corrected chi connectivity index (χ0v) is 9.95. The Kier molecular flexibility index (Phi) is 7.16. The van der Waals surface area contributed by atoms with Crippen LogP contribution >= 0.6 is 0 Å². The highest BCUT2D eigenvalue weighted by atomic mass is 16.5. The number of ether oxygens (including phenoxy) is 2. The second-order valence-corrected chi connectivity index (χ2v) is 3.18. The van der Waals surface area contributed by atoms with Crippen molar-refractivity contribution in [3.63, 3.8) is 0 Å². The lowest BCUT2D eigenvalue weighted by Crippen LogP contribution is -2.32. The van der Waals surface area contributed by atoms with Gasteiger partial charge < -0.3 is 9.47 Å². The number of Topliss-reactive ketones (excluding diaryl/α,β-unsaturated/α-hetero) is 1. The zero-order chi connectivity index (χ0) is 12.6. The lowest BCUT2D eigenvalue weighted by atomic mass is 9.99. The van der Waals surface area contributed by atoms with Gasteiger partial charge in [0.05, 0.1) is 13.2 Å². The molecule has 5 heteroatoms. The minimum atomic E-state index is -1.02. The Morgan fingerprint density at radius 2 is 1.56 bits per heavy atom. The summed E-state index contributed by atoms with van der Waals surface area (Å²) in [6.45, 7) is 5.38.